The molecule has 148 valence electrons. The van der Waals surface area contributed by atoms with Crippen LogP contribution in [0.3, 0.4) is 0 Å². The van der Waals surface area contributed by atoms with Gasteiger partial charge in [-0.25, -0.2) is 0 Å². The third-order valence-electron chi connectivity index (χ3n) is 5.01. The maximum atomic E-state index is 10.2. The Morgan fingerprint density at radius 1 is 1.07 bits per heavy atom. The fourth-order valence-corrected chi connectivity index (χ4v) is 3.51. The van der Waals surface area contributed by atoms with E-state index in [0.29, 0.717) is 5.02 Å². The molecule has 0 saturated carbocycles. The van der Waals surface area contributed by atoms with E-state index >= 15 is 0 Å². The number of hydrogen-bond acceptors (Lipinski definition) is 5. The number of benzene rings is 2. The number of hydrogen-bond donors (Lipinski definition) is 2. The molecule has 2 heterocycles. The van der Waals surface area contributed by atoms with Crippen molar-refractivity contribution in [2.75, 3.05) is 5.32 Å². The molecule has 0 amide bonds. The average molecular weight is 408 g/mol. The number of anilines is 1. The number of aliphatic hydroxyl groups is 1. The minimum atomic E-state index is -0.867. The Hall–Kier alpha value is -2.89. The maximum Gasteiger partial charge on any atom is 0.124 e. The number of fused-ring (bicyclic) bond motifs is 1. The zero-order valence-corrected chi connectivity index (χ0v) is 17.2. The largest absolute Gasteiger partial charge is 0.386 e. The molecule has 0 fully saturated rings. The molecule has 1 atom stereocenters. The topological polar surface area (TPSA) is 71.2 Å². The van der Waals surface area contributed by atoms with Crippen molar-refractivity contribution < 1.29 is 9.63 Å². The summed E-state index contributed by atoms with van der Waals surface area (Å²) < 4.78 is 4.95. The molecule has 2 N–H and O–H groups in total. The fraction of sp³-hybridized carbons (Fsp3) is 0.217. The van der Waals surface area contributed by atoms with Gasteiger partial charge in [-0.05, 0) is 49.6 Å². The van der Waals surface area contributed by atoms with Gasteiger partial charge in [-0.15, -0.1) is 0 Å². The molecule has 4 aromatic rings. The maximum absolute atomic E-state index is 10.2. The molecule has 6 heteroatoms. The highest BCUT2D eigenvalue weighted by Gasteiger charge is 2.17. The van der Waals surface area contributed by atoms with Gasteiger partial charge in [0.2, 0.25) is 0 Å². The van der Waals surface area contributed by atoms with Crippen LogP contribution in [-0.2, 0) is 5.60 Å². The first kappa shape index (κ1) is 19.4. The van der Waals surface area contributed by atoms with Crippen LogP contribution in [0.25, 0.3) is 22.0 Å². The Bertz CT molecular complexity index is 1130. The molecule has 0 aliphatic heterocycles. The van der Waals surface area contributed by atoms with Crippen LogP contribution in [0.5, 0.6) is 0 Å². The normalized spacial score (nSPS) is 12.9. The molecule has 29 heavy (non-hydrogen) atoms. The van der Waals surface area contributed by atoms with Crippen LogP contribution in [0.2, 0.25) is 5.02 Å². The van der Waals surface area contributed by atoms with E-state index in [2.05, 4.69) is 21.5 Å². The Labute approximate surface area is 174 Å². The van der Waals surface area contributed by atoms with Gasteiger partial charge < -0.3 is 14.9 Å². The van der Waals surface area contributed by atoms with E-state index in [1.54, 1.807) is 26.3 Å². The fourth-order valence-electron chi connectivity index (χ4n) is 3.30. The molecule has 1 unspecified atom stereocenters. The van der Waals surface area contributed by atoms with Crippen LogP contribution >= 0.6 is 11.6 Å². The Morgan fingerprint density at radius 3 is 2.45 bits per heavy atom. The molecule has 5 nitrogen and oxygen atoms in total. The van der Waals surface area contributed by atoms with Crippen molar-refractivity contribution in [3.63, 3.8) is 0 Å². The lowest BCUT2D eigenvalue weighted by Gasteiger charge is -2.18. The van der Waals surface area contributed by atoms with Gasteiger partial charge in [-0.3, -0.25) is 4.98 Å². The van der Waals surface area contributed by atoms with Crippen molar-refractivity contribution in [3.8, 4) is 11.1 Å². The van der Waals surface area contributed by atoms with Gasteiger partial charge in [-0.1, -0.05) is 47.1 Å². The number of rotatable bonds is 5. The van der Waals surface area contributed by atoms with Crippen molar-refractivity contribution in [1.82, 2.24) is 10.1 Å². The second kappa shape index (κ2) is 7.50. The smallest absolute Gasteiger partial charge is 0.124 e. The van der Waals surface area contributed by atoms with Crippen LogP contribution in [-0.4, -0.2) is 15.2 Å². The van der Waals surface area contributed by atoms with Gasteiger partial charge in [0.1, 0.15) is 12.0 Å². The lowest BCUT2D eigenvalue weighted by molar-refractivity contribution is 0.0786. The lowest BCUT2D eigenvalue weighted by atomic mass is 9.95. The molecule has 0 aliphatic rings. The summed E-state index contributed by atoms with van der Waals surface area (Å²) in [6, 6.07) is 15.8. The Balaban J connectivity index is 1.74. The summed E-state index contributed by atoms with van der Waals surface area (Å²) in [4.78, 5) is 4.45. The number of pyridine rings is 1. The molecule has 2 aromatic carbocycles. The summed E-state index contributed by atoms with van der Waals surface area (Å²) in [6.45, 7) is 5.55. The molecule has 0 bridgehead atoms. The third kappa shape index (κ3) is 3.97. The molecule has 0 radical (unpaired) electrons. The Morgan fingerprint density at radius 2 is 1.79 bits per heavy atom. The van der Waals surface area contributed by atoms with Gasteiger partial charge >= 0.3 is 0 Å². The summed E-state index contributed by atoms with van der Waals surface area (Å²) in [5.74, 6) is 0. The van der Waals surface area contributed by atoms with Crippen LogP contribution in [0.4, 0.5) is 5.69 Å². The summed E-state index contributed by atoms with van der Waals surface area (Å²) in [5.41, 5.74) is 4.55. The number of nitrogens with zero attached hydrogens (tertiary/aromatic N) is 2. The molecule has 0 spiro atoms. The van der Waals surface area contributed by atoms with Crippen molar-refractivity contribution in [1.29, 1.82) is 0 Å². The first-order valence-corrected chi connectivity index (χ1v) is 9.79. The molecular weight excluding hydrogens is 386 g/mol. The van der Waals surface area contributed by atoms with E-state index in [-0.39, 0.29) is 6.04 Å². The molecule has 0 saturated heterocycles. The van der Waals surface area contributed by atoms with E-state index in [0.717, 1.165) is 39.0 Å². The minimum absolute atomic E-state index is 0.0772. The van der Waals surface area contributed by atoms with Crippen molar-refractivity contribution >= 4 is 28.2 Å². The van der Waals surface area contributed by atoms with Crippen LogP contribution in [0, 0.1) is 0 Å². The second-order valence-electron chi connectivity index (χ2n) is 7.64. The highest BCUT2D eigenvalue weighted by atomic mass is 35.5. The first-order chi connectivity index (χ1) is 13.8. The first-order valence-electron chi connectivity index (χ1n) is 9.41. The van der Waals surface area contributed by atoms with Gasteiger partial charge in [-0.2, -0.15) is 0 Å². The predicted octanol–water partition coefficient (Wildman–Crippen LogP) is 5.94. The van der Waals surface area contributed by atoms with Crippen LogP contribution in [0.15, 0.2) is 65.5 Å². The van der Waals surface area contributed by atoms with Crippen LogP contribution < -0.4 is 5.32 Å². The molecule has 2 aromatic heterocycles. The van der Waals surface area contributed by atoms with Gasteiger partial charge in [0.05, 0.1) is 27.9 Å². The van der Waals surface area contributed by atoms with E-state index in [9.17, 15) is 5.11 Å². The van der Waals surface area contributed by atoms with Crippen molar-refractivity contribution in [3.05, 3.63) is 77.3 Å². The summed E-state index contributed by atoms with van der Waals surface area (Å²) in [5, 5.41) is 19.1. The second-order valence-corrected chi connectivity index (χ2v) is 8.05. The van der Waals surface area contributed by atoms with Crippen molar-refractivity contribution in [2.24, 2.45) is 0 Å². The van der Waals surface area contributed by atoms with Crippen LogP contribution in [0.1, 0.15) is 38.1 Å². The minimum Gasteiger partial charge on any atom is -0.386 e. The number of nitrogens with one attached hydrogen (secondary N) is 1. The summed E-state index contributed by atoms with van der Waals surface area (Å²) >= 11 is 6.48. The van der Waals surface area contributed by atoms with E-state index in [1.807, 2.05) is 49.4 Å². The van der Waals surface area contributed by atoms with Crippen molar-refractivity contribution in [2.45, 2.75) is 32.4 Å². The van der Waals surface area contributed by atoms with Gasteiger partial charge in [0.15, 0.2) is 0 Å². The molecule has 0 aliphatic carbocycles. The number of halogens is 1. The van der Waals surface area contributed by atoms with E-state index < -0.39 is 5.60 Å². The third-order valence-corrected chi connectivity index (χ3v) is 5.30. The zero-order valence-electron chi connectivity index (χ0n) is 16.5. The quantitative estimate of drug-likeness (QED) is 0.428. The van der Waals surface area contributed by atoms with Gasteiger partial charge in [0, 0.05) is 17.6 Å². The predicted molar refractivity (Wildman–Crippen MR) is 116 cm³/mol. The van der Waals surface area contributed by atoms with E-state index in [4.69, 9.17) is 16.1 Å². The SMILES string of the molecule is CC(Nc1c(Cl)cnc2ccc(-c3ccc(C(C)(C)O)cc3)cc12)c1ccon1. The van der Waals surface area contributed by atoms with E-state index in [1.165, 1.54) is 0 Å². The summed E-state index contributed by atoms with van der Waals surface area (Å²) in [6.07, 6.45) is 3.20. The standard InChI is InChI=1S/C23H22ClN3O2/c1-14(20-10-11-29-27-20)26-22-18-12-16(6-9-21(18)25-13-19(22)24)15-4-7-17(8-5-15)23(2,3)28/h4-14,28H,1-3H3,(H,25,26). The molecule has 4 rings (SSSR count). The molecular formula is C23H22ClN3O2. The highest BCUT2D eigenvalue weighted by Crippen LogP contribution is 2.35. The zero-order chi connectivity index (χ0) is 20.6. The highest BCUT2D eigenvalue weighted by molar-refractivity contribution is 6.34. The Kier molecular flexibility index (Phi) is 5.03. The average Bonchev–Trinajstić information content (AvgIpc) is 3.24. The lowest BCUT2D eigenvalue weighted by Crippen LogP contribution is -2.14. The monoisotopic (exact) mass is 407 g/mol. The summed E-state index contributed by atoms with van der Waals surface area (Å²) in [7, 11) is 0. The number of aromatic nitrogens is 2. The van der Waals surface area contributed by atoms with Gasteiger partial charge in [0.25, 0.3) is 0 Å².